The maximum absolute atomic E-state index is 13.3. The van der Waals surface area contributed by atoms with Crippen molar-refractivity contribution in [1.82, 2.24) is 15.1 Å². The summed E-state index contributed by atoms with van der Waals surface area (Å²) in [5.41, 5.74) is 0. The number of hydrogen-bond donors (Lipinski definition) is 1. The van der Waals surface area contributed by atoms with Gasteiger partial charge in [-0.2, -0.15) is 0 Å². The number of rotatable bonds is 3. The van der Waals surface area contributed by atoms with Crippen LogP contribution in [0.2, 0.25) is 0 Å². The first kappa shape index (κ1) is 18.8. The summed E-state index contributed by atoms with van der Waals surface area (Å²) in [6.45, 7) is 6.33. The van der Waals surface area contributed by atoms with Crippen LogP contribution in [0.1, 0.15) is 19.8 Å². The van der Waals surface area contributed by atoms with E-state index in [4.69, 9.17) is 4.74 Å². The number of ether oxygens (including phenoxy) is 1. The van der Waals surface area contributed by atoms with Gasteiger partial charge in [0.05, 0.1) is 25.8 Å². The first-order valence-corrected chi connectivity index (χ1v) is 8.22. The van der Waals surface area contributed by atoms with Crippen molar-refractivity contribution >= 4 is 18.3 Å². The quantitative estimate of drug-likeness (QED) is 0.821. The van der Waals surface area contributed by atoms with E-state index in [1.165, 1.54) is 0 Å². The van der Waals surface area contributed by atoms with Crippen molar-refractivity contribution in [2.75, 3.05) is 45.9 Å². The molecule has 1 amide bonds. The van der Waals surface area contributed by atoms with Crippen LogP contribution in [0.4, 0.5) is 8.78 Å². The lowest BCUT2D eigenvalue weighted by molar-refractivity contribution is -0.133. The number of carbonyl (C=O) groups excluding carboxylic acids is 1. The van der Waals surface area contributed by atoms with Gasteiger partial charge in [-0.1, -0.05) is 13.3 Å². The lowest BCUT2D eigenvalue weighted by Gasteiger charge is -2.34. The molecule has 3 atom stereocenters. The zero-order valence-corrected chi connectivity index (χ0v) is 14.3. The monoisotopic (exact) mass is 353 g/mol. The van der Waals surface area contributed by atoms with Gasteiger partial charge >= 0.3 is 0 Å². The molecule has 3 fully saturated rings. The number of nitrogens with zero attached hydrogens (tertiary/aromatic N) is 2. The molecule has 3 unspecified atom stereocenters. The van der Waals surface area contributed by atoms with Gasteiger partial charge in [0.15, 0.2) is 0 Å². The summed E-state index contributed by atoms with van der Waals surface area (Å²) in [7, 11) is 0. The number of halogens is 3. The third-order valence-electron chi connectivity index (χ3n) is 5.17. The molecule has 3 aliphatic heterocycles. The fraction of sp³-hybridized carbons (Fsp3) is 0.933. The summed E-state index contributed by atoms with van der Waals surface area (Å²) in [5.74, 6) is -2.50. The lowest BCUT2D eigenvalue weighted by atomic mass is 9.99. The van der Waals surface area contributed by atoms with Gasteiger partial charge in [0.2, 0.25) is 5.91 Å². The highest BCUT2D eigenvalue weighted by Crippen LogP contribution is 2.30. The van der Waals surface area contributed by atoms with E-state index in [2.05, 4.69) is 17.1 Å². The van der Waals surface area contributed by atoms with E-state index in [0.29, 0.717) is 25.0 Å². The Kier molecular flexibility index (Phi) is 6.22. The number of nitrogens with one attached hydrogen (secondary N) is 1. The Balaban J connectivity index is 0.00000192. The second kappa shape index (κ2) is 7.59. The fourth-order valence-electron chi connectivity index (χ4n) is 3.87. The molecule has 0 saturated carbocycles. The van der Waals surface area contributed by atoms with Crippen molar-refractivity contribution in [2.45, 2.75) is 37.8 Å². The molecule has 0 bridgehead atoms. The van der Waals surface area contributed by atoms with Gasteiger partial charge in [0.1, 0.15) is 0 Å². The van der Waals surface area contributed by atoms with Crippen LogP contribution in [0.25, 0.3) is 0 Å². The number of carbonyl (C=O) groups is 1. The summed E-state index contributed by atoms with van der Waals surface area (Å²) in [4.78, 5) is 16.7. The van der Waals surface area contributed by atoms with Gasteiger partial charge in [-0.3, -0.25) is 15.0 Å². The van der Waals surface area contributed by atoms with Crippen LogP contribution in [-0.4, -0.2) is 79.7 Å². The average molecular weight is 354 g/mol. The van der Waals surface area contributed by atoms with Gasteiger partial charge < -0.3 is 9.64 Å². The highest BCUT2D eigenvalue weighted by atomic mass is 35.5. The van der Waals surface area contributed by atoms with Gasteiger partial charge in [-0.15, -0.1) is 12.4 Å². The van der Waals surface area contributed by atoms with Crippen LogP contribution in [0.15, 0.2) is 0 Å². The summed E-state index contributed by atoms with van der Waals surface area (Å²) in [5, 5.41) is 2.68. The van der Waals surface area contributed by atoms with Crippen LogP contribution in [0.3, 0.4) is 0 Å². The summed E-state index contributed by atoms with van der Waals surface area (Å²) < 4.78 is 32.0. The molecule has 0 spiro atoms. The van der Waals surface area contributed by atoms with Gasteiger partial charge in [-0.05, 0) is 5.92 Å². The van der Waals surface area contributed by atoms with Crippen molar-refractivity contribution in [3.8, 4) is 0 Å². The largest absolute Gasteiger partial charge is 0.379 e. The second-order valence-electron chi connectivity index (χ2n) is 6.62. The van der Waals surface area contributed by atoms with Crippen molar-refractivity contribution in [1.29, 1.82) is 0 Å². The standard InChI is InChI=1S/C15H25F2N3O2.ClH/c1-2-11-8-20(9-13(11)19-3-5-22-6-4-19)14(21)12-7-15(16,17)10-18-12;/h11-13,18H,2-10H2,1H3;1H. The maximum atomic E-state index is 13.3. The molecule has 0 aromatic heterocycles. The lowest BCUT2D eigenvalue weighted by Crippen LogP contribution is -2.48. The Bertz CT molecular complexity index is 422. The minimum Gasteiger partial charge on any atom is -0.379 e. The van der Waals surface area contributed by atoms with Gasteiger partial charge in [0.25, 0.3) is 5.92 Å². The summed E-state index contributed by atoms with van der Waals surface area (Å²) >= 11 is 0. The third kappa shape index (κ3) is 4.13. The topological polar surface area (TPSA) is 44.8 Å². The number of alkyl halides is 2. The molecule has 1 N–H and O–H groups in total. The van der Waals surface area contributed by atoms with Crippen LogP contribution >= 0.6 is 12.4 Å². The molecular weight excluding hydrogens is 328 g/mol. The Morgan fingerprint density at radius 2 is 2.00 bits per heavy atom. The molecule has 0 radical (unpaired) electrons. The Morgan fingerprint density at radius 1 is 1.30 bits per heavy atom. The van der Waals surface area contributed by atoms with Crippen molar-refractivity contribution < 1.29 is 18.3 Å². The van der Waals surface area contributed by atoms with E-state index in [-0.39, 0.29) is 31.3 Å². The fourth-order valence-corrected chi connectivity index (χ4v) is 3.87. The summed E-state index contributed by atoms with van der Waals surface area (Å²) in [6, 6.07) is -0.393. The SMILES string of the molecule is CCC1CN(C(=O)C2CC(F)(F)CN2)CC1N1CCOCC1.Cl. The van der Waals surface area contributed by atoms with Crippen LogP contribution in [-0.2, 0) is 9.53 Å². The van der Waals surface area contributed by atoms with Crippen LogP contribution < -0.4 is 5.32 Å². The molecule has 23 heavy (non-hydrogen) atoms. The molecule has 5 nitrogen and oxygen atoms in total. The normalized spacial score (nSPS) is 34.4. The molecule has 0 aromatic rings. The van der Waals surface area contributed by atoms with E-state index < -0.39 is 12.0 Å². The van der Waals surface area contributed by atoms with E-state index in [1.54, 1.807) is 4.90 Å². The zero-order valence-electron chi connectivity index (χ0n) is 13.5. The van der Waals surface area contributed by atoms with Crippen molar-refractivity contribution in [2.24, 2.45) is 5.92 Å². The Labute approximate surface area is 142 Å². The van der Waals surface area contributed by atoms with E-state index in [1.807, 2.05) is 0 Å². The minimum absolute atomic E-state index is 0. The highest BCUT2D eigenvalue weighted by Gasteiger charge is 2.46. The first-order chi connectivity index (χ1) is 10.5. The number of morpholine rings is 1. The molecule has 3 saturated heterocycles. The molecule has 3 rings (SSSR count). The van der Waals surface area contributed by atoms with Gasteiger partial charge in [0, 0.05) is 38.6 Å². The number of amides is 1. The van der Waals surface area contributed by atoms with E-state index in [0.717, 1.165) is 32.7 Å². The van der Waals surface area contributed by atoms with Gasteiger partial charge in [-0.25, -0.2) is 8.78 Å². The molecule has 8 heteroatoms. The van der Waals surface area contributed by atoms with E-state index in [9.17, 15) is 13.6 Å². The van der Waals surface area contributed by atoms with Crippen molar-refractivity contribution in [3.05, 3.63) is 0 Å². The van der Waals surface area contributed by atoms with Crippen LogP contribution in [0.5, 0.6) is 0 Å². The number of hydrogen-bond acceptors (Lipinski definition) is 4. The first-order valence-electron chi connectivity index (χ1n) is 8.22. The second-order valence-corrected chi connectivity index (χ2v) is 6.62. The smallest absolute Gasteiger partial charge is 0.262 e. The molecule has 134 valence electrons. The number of likely N-dealkylation sites (tertiary alicyclic amines) is 1. The van der Waals surface area contributed by atoms with Crippen LogP contribution in [0, 0.1) is 5.92 Å². The Hall–Kier alpha value is -0.500. The molecule has 3 aliphatic rings. The molecular formula is C15H26ClF2N3O2. The maximum Gasteiger partial charge on any atom is 0.262 e. The molecule has 3 heterocycles. The van der Waals surface area contributed by atoms with Crippen molar-refractivity contribution in [3.63, 3.8) is 0 Å². The minimum atomic E-state index is -2.76. The predicted octanol–water partition coefficient (Wildman–Crippen LogP) is 0.975. The molecule has 0 aromatic carbocycles. The highest BCUT2D eigenvalue weighted by molar-refractivity contribution is 5.85. The zero-order chi connectivity index (χ0) is 15.7. The van der Waals surface area contributed by atoms with E-state index >= 15 is 0 Å². The predicted molar refractivity (Wildman–Crippen MR) is 85.1 cm³/mol. The molecule has 0 aliphatic carbocycles. The summed E-state index contributed by atoms with van der Waals surface area (Å²) in [6.07, 6.45) is 0.626. The third-order valence-corrected chi connectivity index (χ3v) is 5.17. The Morgan fingerprint density at radius 3 is 2.57 bits per heavy atom. The average Bonchev–Trinajstić information content (AvgIpc) is 3.10.